The van der Waals surface area contributed by atoms with E-state index in [9.17, 15) is 14.4 Å². The standard InChI is InChI=1S/C18H19NO3/c1-10-17(13(4)21)18(14(5)22)11(2)19(10)16-8-6-7-15(9-16)12(3)20/h6-9H,1-5H3. The van der Waals surface area contributed by atoms with Gasteiger partial charge < -0.3 is 4.57 Å². The Kier molecular flexibility index (Phi) is 4.13. The first-order valence-electron chi connectivity index (χ1n) is 7.10. The predicted molar refractivity (Wildman–Crippen MR) is 85.3 cm³/mol. The van der Waals surface area contributed by atoms with E-state index < -0.39 is 0 Å². The second-order valence-corrected chi connectivity index (χ2v) is 5.48. The highest BCUT2D eigenvalue weighted by Gasteiger charge is 2.24. The summed E-state index contributed by atoms with van der Waals surface area (Å²) in [6, 6.07) is 7.18. The van der Waals surface area contributed by atoms with Gasteiger partial charge in [0.05, 0.1) is 0 Å². The zero-order chi connectivity index (χ0) is 16.6. The number of carbonyl (C=O) groups excluding carboxylic acids is 3. The molecule has 0 bridgehead atoms. The van der Waals surface area contributed by atoms with Crippen LogP contribution in [0.5, 0.6) is 0 Å². The first-order chi connectivity index (χ1) is 10.3. The Hall–Kier alpha value is -2.49. The van der Waals surface area contributed by atoms with Crippen molar-refractivity contribution in [1.82, 2.24) is 4.57 Å². The van der Waals surface area contributed by atoms with Crippen LogP contribution in [0.2, 0.25) is 0 Å². The minimum Gasteiger partial charge on any atom is -0.317 e. The fourth-order valence-corrected chi connectivity index (χ4v) is 2.95. The number of nitrogens with zero attached hydrogens (tertiary/aromatic N) is 1. The van der Waals surface area contributed by atoms with Gasteiger partial charge >= 0.3 is 0 Å². The Balaban J connectivity index is 2.79. The van der Waals surface area contributed by atoms with Gasteiger partial charge in [-0.15, -0.1) is 0 Å². The van der Waals surface area contributed by atoms with Gasteiger partial charge in [0.2, 0.25) is 0 Å². The van der Waals surface area contributed by atoms with Crippen LogP contribution in [0.1, 0.15) is 63.2 Å². The maximum Gasteiger partial charge on any atom is 0.162 e. The van der Waals surface area contributed by atoms with Crippen molar-refractivity contribution in [3.63, 3.8) is 0 Å². The summed E-state index contributed by atoms with van der Waals surface area (Å²) in [4.78, 5) is 35.5. The lowest BCUT2D eigenvalue weighted by Crippen LogP contribution is -2.03. The smallest absolute Gasteiger partial charge is 0.162 e. The van der Waals surface area contributed by atoms with Crippen molar-refractivity contribution in [3.05, 3.63) is 52.3 Å². The lowest BCUT2D eigenvalue weighted by atomic mass is 10.0. The molecule has 0 unspecified atom stereocenters. The Morgan fingerprint density at radius 2 is 1.32 bits per heavy atom. The molecule has 4 heteroatoms. The normalized spacial score (nSPS) is 10.6. The number of benzene rings is 1. The number of Topliss-reactive ketones (excluding diaryl/α,β-unsaturated/α-hetero) is 3. The van der Waals surface area contributed by atoms with Crippen molar-refractivity contribution in [3.8, 4) is 5.69 Å². The Morgan fingerprint density at radius 3 is 1.73 bits per heavy atom. The molecule has 0 aliphatic carbocycles. The van der Waals surface area contributed by atoms with E-state index in [1.54, 1.807) is 18.2 Å². The molecule has 22 heavy (non-hydrogen) atoms. The van der Waals surface area contributed by atoms with Crippen molar-refractivity contribution in [2.45, 2.75) is 34.6 Å². The minimum absolute atomic E-state index is 0.0251. The zero-order valence-corrected chi connectivity index (χ0v) is 13.5. The summed E-state index contributed by atoms with van der Waals surface area (Å²) in [7, 11) is 0. The maximum atomic E-state index is 11.9. The summed E-state index contributed by atoms with van der Waals surface area (Å²) >= 11 is 0. The number of hydrogen-bond acceptors (Lipinski definition) is 3. The van der Waals surface area contributed by atoms with E-state index in [1.807, 2.05) is 24.5 Å². The SMILES string of the molecule is CC(=O)c1cccc(-n2c(C)c(C(C)=O)c(C(C)=O)c2C)c1. The molecule has 0 amide bonds. The quantitative estimate of drug-likeness (QED) is 0.808. The third-order valence-electron chi connectivity index (χ3n) is 3.86. The molecule has 0 spiro atoms. The number of carbonyl (C=O) groups is 3. The lowest BCUT2D eigenvalue weighted by molar-refractivity contribution is 0.0981. The number of hydrogen-bond donors (Lipinski definition) is 0. The second-order valence-electron chi connectivity index (χ2n) is 5.48. The Morgan fingerprint density at radius 1 is 0.818 bits per heavy atom. The minimum atomic E-state index is -0.132. The molecule has 114 valence electrons. The molecular formula is C18H19NO3. The zero-order valence-electron chi connectivity index (χ0n) is 13.5. The molecule has 0 saturated heterocycles. The van der Waals surface area contributed by atoms with E-state index in [0.717, 1.165) is 17.1 Å². The van der Waals surface area contributed by atoms with Crippen molar-refractivity contribution in [2.24, 2.45) is 0 Å². The van der Waals surface area contributed by atoms with Crippen LogP contribution in [0.4, 0.5) is 0 Å². The van der Waals surface area contributed by atoms with Gasteiger partial charge in [0.25, 0.3) is 0 Å². The van der Waals surface area contributed by atoms with Gasteiger partial charge in [0, 0.05) is 33.8 Å². The van der Waals surface area contributed by atoms with Gasteiger partial charge in [-0.1, -0.05) is 12.1 Å². The highest BCUT2D eigenvalue weighted by Crippen LogP contribution is 2.27. The third-order valence-corrected chi connectivity index (χ3v) is 3.86. The van der Waals surface area contributed by atoms with Gasteiger partial charge in [0.1, 0.15) is 0 Å². The van der Waals surface area contributed by atoms with Crippen LogP contribution >= 0.6 is 0 Å². The summed E-state index contributed by atoms with van der Waals surface area (Å²) in [5.41, 5.74) is 3.72. The summed E-state index contributed by atoms with van der Waals surface area (Å²) in [6.45, 7) is 8.07. The van der Waals surface area contributed by atoms with Crippen molar-refractivity contribution >= 4 is 17.3 Å². The molecule has 2 aromatic rings. The molecule has 1 aromatic heterocycles. The van der Waals surface area contributed by atoms with Crippen LogP contribution in [0, 0.1) is 13.8 Å². The van der Waals surface area contributed by atoms with E-state index >= 15 is 0 Å². The van der Waals surface area contributed by atoms with Gasteiger partial charge in [-0.25, -0.2) is 0 Å². The first kappa shape index (κ1) is 15.9. The summed E-state index contributed by atoms with van der Waals surface area (Å²) in [5, 5.41) is 0. The van der Waals surface area contributed by atoms with Gasteiger partial charge in [-0.3, -0.25) is 14.4 Å². The Labute approximate surface area is 129 Å². The predicted octanol–water partition coefficient (Wildman–Crippen LogP) is 3.70. The van der Waals surface area contributed by atoms with E-state index in [2.05, 4.69) is 0 Å². The summed E-state index contributed by atoms with van der Waals surface area (Å²) < 4.78 is 1.86. The van der Waals surface area contributed by atoms with Crippen LogP contribution < -0.4 is 0 Å². The van der Waals surface area contributed by atoms with E-state index in [-0.39, 0.29) is 17.3 Å². The van der Waals surface area contributed by atoms with E-state index in [0.29, 0.717) is 16.7 Å². The van der Waals surface area contributed by atoms with Crippen LogP contribution in [-0.4, -0.2) is 21.9 Å². The van der Waals surface area contributed by atoms with E-state index in [4.69, 9.17) is 0 Å². The van der Waals surface area contributed by atoms with Crippen LogP contribution in [-0.2, 0) is 0 Å². The molecule has 0 fully saturated rings. The number of ketones is 3. The average Bonchev–Trinajstić information content (AvgIpc) is 2.70. The number of aromatic nitrogens is 1. The highest BCUT2D eigenvalue weighted by molar-refractivity contribution is 6.09. The molecule has 4 nitrogen and oxygen atoms in total. The average molecular weight is 297 g/mol. The van der Waals surface area contributed by atoms with Crippen LogP contribution in [0.25, 0.3) is 5.69 Å². The largest absolute Gasteiger partial charge is 0.317 e. The maximum absolute atomic E-state index is 11.9. The molecular weight excluding hydrogens is 278 g/mol. The second kappa shape index (κ2) is 5.72. The highest BCUT2D eigenvalue weighted by atomic mass is 16.1. The first-order valence-corrected chi connectivity index (χ1v) is 7.10. The van der Waals surface area contributed by atoms with E-state index in [1.165, 1.54) is 20.8 Å². The molecule has 0 saturated carbocycles. The molecule has 2 rings (SSSR count). The fourth-order valence-electron chi connectivity index (χ4n) is 2.95. The molecule has 0 radical (unpaired) electrons. The molecule has 0 aliphatic rings. The molecule has 1 heterocycles. The topological polar surface area (TPSA) is 56.1 Å². The van der Waals surface area contributed by atoms with Crippen molar-refractivity contribution < 1.29 is 14.4 Å². The number of rotatable bonds is 4. The van der Waals surface area contributed by atoms with Crippen LogP contribution in [0.3, 0.4) is 0 Å². The molecule has 0 atom stereocenters. The molecule has 1 aromatic carbocycles. The third kappa shape index (κ3) is 2.52. The molecule has 0 N–H and O–H groups in total. The van der Waals surface area contributed by atoms with Gasteiger partial charge in [-0.2, -0.15) is 0 Å². The molecule has 0 aliphatic heterocycles. The Bertz CT molecular complexity index is 759. The van der Waals surface area contributed by atoms with Gasteiger partial charge in [0.15, 0.2) is 17.3 Å². The van der Waals surface area contributed by atoms with Crippen molar-refractivity contribution in [1.29, 1.82) is 0 Å². The summed E-state index contributed by atoms with van der Waals surface area (Å²) in [5.74, 6) is -0.289. The summed E-state index contributed by atoms with van der Waals surface area (Å²) in [6.07, 6.45) is 0. The van der Waals surface area contributed by atoms with Crippen LogP contribution in [0.15, 0.2) is 24.3 Å². The van der Waals surface area contributed by atoms with Gasteiger partial charge in [-0.05, 0) is 46.8 Å². The monoisotopic (exact) mass is 297 g/mol. The lowest BCUT2D eigenvalue weighted by Gasteiger charge is -2.10. The fraction of sp³-hybridized carbons (Fsp3) is 0.278. The van der Waals surface area contributed by atoms with Crippen molar-refractivity contribution in [2.75, 3.05) is 0 Å².